The van der Waals surface area contributed by atoms with Crippen LogP contribution >= 0.6 is 0 Å². The average Bonchev–Trinajstić information content (AvgIpc) is 3.31. The molecule has 0 aromatic rings. The number of carbonyl (C=O) groups is 1. The van der Waals surface area contributed by atoms with Gasteiger partial charge in [-0.05, 0) is 38.5 Å². The van der Waals surface area contributed by atoms with Gasteiger partial charge in [-0.2, -0.15) is 8.42 Å². The summed E-state index contributed by atoms with van der Waals surface area (Å²) in [7, 11) is -5.06. The molecule has 1 rings (SSSR count). The molecule has 1 fully saturated rings. The molecule has 0 aromatic carbocycles. The number of unbranched alkanes of at least 4 members (excludes halogenated alkanes) is 36. The van der Waals surface area contributed by atoms with Crippen LogP contribution in [-0.4, -0.2) is 97.5 Å². The molecule has 1 heterocycles. The molecule has 404 valence electrons. The largest absolute Gasteiger partial charge is 0.457 e. The molecule has 0 bridgehead atoms. The molecule has 1 aliphatic rings. The molecule has 0 radical (unpaired) electrons. The van der Waals surface area contributed by atoms with Crippen LogP contribution in [0.1, 0.15) is 271 Å². The van der Waals surface area contributed by atoms with E-state index in [9.17, 15) is 33.1 Å². The summed E-state index contributed by atoms with van der Waals surface area (Å²) in [5.74, 6) is -0.392. The van der Waals surface area contributed by atoms with Crippen molar-refractivity contribution in [2.75, 3.05) is 26.4 Å². The summed E-state index contributed by atoms with van der Waals surface area (Å²) in [5.41, 5.74) is 0. The second-order valence-corrected chi connectivity index (χ2v) is 20.9. The minimum atomic E-state index is -5.06. The van der Waals surface area contributed by atoms with Crippen LogP contribution in [0.5, 0.6) is 0 Å². The maximum Gasteiger partial charge on any atom is 0.397 e. The maximum absolute atomic E-state index is 12.9. The predicted octanol–water partition coefficient (Wildman–Crippen LogP) is 13.8. The standard InChI is InChI=1S/C55H106O12S/c1-3-5-7-9-11-13-15-17-19-21-23-25-26-28-30-32-34-36-38-40-42-44-51(57)65-49(48-64-55-53(59)54(67-68(60,61)62)52(58)50(46-56)66-55)47-63-45-43-41-39-37-35-33-31-29-27-24-22-20-18-16-14-12-10-8-6-4-2/h18,20,49-50,52-56,58-59H,3-17,19,21-48H2,1-2H3,(H,60,61,62)/b20-18-. The van der Waals surface area contributed by atoms with E-state index in [2.05, 4.69) is 30.2 Å². The van der Waals surface area contributed by atoms with Crippen LogP contribution in [0.2, 0.25) is 0 Å². The quantitative estimate of drug-likeness (QED) is 0.0196. The van der Waals surface area contributed by atoms with Crippen molar-refractivity contribution in [3.05, 3.63) is 12.2 Å². The molecule has 13 heteroatoms. The first kappa shape index (κ1) is 64.9. The Hall–Kier alpha value is -1.16. The van der Waals surface area contributed by atoms with Crippen molar-refractivity contribution >= 4 is 16.4 Å². The van der Waals surface area contributed by atoms with Crippen molar-refractivity contribution in [2.45, 2.75) is 307 Å². The van der Waals surface area contributed by atoms with Crippen LogP contribution in [0.4, 0.5) is 0 Å². The SMILES string of the molecule is CCCCCCCC/C=C\CCCCCCCCCCCCOCC(COC1OC(CO)C(O)C(OS(=O)(=O)O)C1O)OC(=O)CCCCCCCCCCCCCCCCCCCCCCC. The van der Waals surface area contributed by atoms with E-state index in [0.29, 0.717) is 13.0 Å². The highest BCUT2D eigenvalue weighted by Gasteiger charge is 2.48. The van der Waals surface area contributed by atoms with Gasteiger partial charge >= 0.3 is 16.4 Å². The van der Waals surface area contributed by atoms with Crippen LogP contribution in [0, 0.1) is 0 Å². The van der Waals surface area contributed by atoms with Crippen molar-refractivity contribution in [1.29, 1.82) is 0 Å². The van der Waals surface area contributed by atoms with E-state index < -0.39 is 59.8 Å². The Kier molecular flexibility index (Phi) is 44.7. The lowest BCUT2D eigenvalue weighted by molar-refractivity contribution is -0.301. The topological polar surface area (TPSA) is 178 Å². The Morgan fingerprint density at radius 3 is 1.32 bits per heavy atom. The third-order valence-corrected chi connectivity index (χ3v) is 13.9. The lowest BCUT2D eigenvalue weighted by Gasteiger charge is -2.41. The van der Waals surface area contributed by atoms with Crippen molar-refractivity contribution in [3.63, 3.8) is 0 Å². The summed E-state index contributed by atoms with van der Waals surface area (Å²) >= 11 is 0. The third kappa shape index (κ3) is 39.5. The molecule has 1 aliphatic heterocycles. The van der Waals surface area contributed by atoms with Crippen LogP contribution in [0.25, 0.3) is 0 Å². The molecule has 0 aliphatic carbocycles. The van der Waals surface area contributed by atoms with E-state index in [1.54, 1.807) is 0 Å². The summed E-state index contributed by atoms with van der Waals surface area (Å²) in [6.07, 6.45) is 45.3. The number of aliphatic hydroxyl groups excluding tert-OH is 3. The van der Waals surface area contributed by atoms with Gasteiger partial charge < -0.3 is 34.3 Å². The Morgan fingerprint density at radius 1 is 0.544 bits per heavy atom. The lowest BCUT2D eigenvalue weighted by Crippen LogP contribution is -2.60. The number of esters is 1. The number of hydrogen-bond acceptors (Lipinski definition) is 11. The van der Waals surface area contributed by atoms with Gasteiger partial charge in [-0.3, -0.25) is 9.35 Å². The van der Waals surface area contributed by atoms with Crippen LogP contribution in [-0.2, 0) is 38.3 Å². The number of hydrogen-bond donors (Lipinski definition) is 4. The fourth-order valence-electron chi connectivity index (χ4n) is 9.08. The highest BCUT2D eigenvalue weighted by atomic mass is 32.3. The minimum absolute atomic E-state index is 0.0414. The molecule has 0 spiro atoms. The van der Waals surface area contributed by atoms with Crippen molar-refractivity contribution in [3.8, 4) is 0 Å². The van der Waals surface area contributed by atoms with Crippen molar-refractivity contribution < 1.29 is 56.2 Å². The van der Waals surface area contributed by atoms with Crippen LogP contribution in [0.3, 0.4) is 0 Å². The number of allylic oxidation sites excluding steroid dienone is 2. The van der Waals surface area contributed by atoms with E-state index in [4.69, 9.17) is 18.9 Å². The summed E-state index contributed by atoms with van der Waals surface area (Å²) in [4.78, 5) is 12.9. The molecule has 0 saturated carbocycles. The Labute approximate surface area is 417 Å². The van der Waals surface area contributed by atoms with Crippen LogP contribution < -0.4 is 0 Å². The monoisotopic (exact) mass is 991 g/mol. The second-order valence-electron chi connectivity index (χ2n) is 19.9. The van der Waals surface area contributed by atoms with Gasteiger partial charge in [-0.25, -0.2) is 4.18 Å². The molecule has 4 N–H and O–H groups in total. The van der Waals surface area contributed by atoms with Gasteiger partial charge in [0.1, 0.15) is 30.5 Å². The van der Waals surface area contributed by atoms with Gasteiger partial charge in [-0.1, -0.05) is 238 Å². The first-order valence-corrected chi connectivity index (χ1v) is 29.8. The van der Waals surface area contributed by atoms with Gasteiger partial charge in [0.15, 0.2) is 6.29 Å². The number of ether oxygens (including phenoxy) is 4. The normalized spacial score (nSPS) is 19.3. The molecular weight excluding hydrogens is 885 g/mol. The molecule has 0 amide bonds. The smallest absolute Gasteiger partial charge is 0.397 e. The van der Waals surface area contributed by atoms with E-state index in [1.165, 1.54) is 205 Å². The number of aliphatic hydroxyl groups is 3. The fourth-order valence-corrected chi connectivity index (χ4v) is 9.59. The van der Waals surface area contributed by atoms with E-state index in [0.717, 1.165) is 38.5 Å². The molecule has 6 unspecified atom stereocenters. The van der Waals surface area contributed by atoms with Gasteiger partial charge in [0.05, 0.1) is 19.8 Å². The average molecular weight is 992 g/mol. The van der Waals surface area contributed by atoms with Crippen molar-refractivity contribution in [1.82, 2.24) is 0 Å². The zero-order chi connectivity index (χ0) is 49.6. The second kappa shape index (κ2) is 46.9. The summed E-state index contributed by atoms with van der Waals surface area (Å²) < 4.78 is 59.4. The fraction of sp³-hybridized carbons (Fsp3) is 0.945. The molecule has 0 aromatic heterocycles. The number of rotatable bonds is 51. The highest BCUT2D eigenvalue weighted by molar-refractivity contribution is 7.80. The van der Waals surface area contributed by atoms with Gasteiger partial charge in [-0.15, -0.1) is 0 Å². The van der Waals surface area contributed by atoms with E-state index in [1.807, 2.05) is 0 Å². The Bertz CT molecular complexity index is 1240. The maximum atomic E-state index is 12.9. The van der Waals surface area contributed by atoms with E-state index >= 15 is 0 Å². The molecule has 68 heavy (non-hydrogen) atoms. The molecule has 1 saturated heterocycles. The summed E-state index contributed by atoms with van der Waals surface area (Å²) in [5, 5.41) is 30.8. The minimum Gasteiger partial charge on any atom is -0.457 e. The van der Waals surface area contributed by atoms with Gasteiger partial charge in [0, 0.05) is 13.0 Å². The van der Waals surface area contributed by atoms with E-state index in [-0.39, 0.29) is 19.6 Å². The molecule has 6 atom stereocenters. The Morgan fingerprint density at radius 2 is 0.926 bits per heavy atom. The summed E-state index contributed by atoms with van der Waals surface area (Å²) in [6, 6.07) is 0. The first-order chi connectivity index (χ1) is 33.1. The molecular formula is C55H106O12S. The first-order valence-electron chi connectivity index (χ1n) is 28.4. The lowest BCUT2D eigenvalue weighted by atomic mass is 9.99. The van der Waals surface area contributed by atoms with Gasteiger partial charge in [0.2, 0.25) is 0 Å². The predicted molar refractivity (Wildman–Crippen MR) is 276 cm³/mol. The van der Waals surface area contributed by atoms with Crippen LogP contribution in [0.15, 0.2) is 12.2 Å². The van der Waals surface area contributed by atoms with Gasteiger partial charge in [0.25, 0.3) is 0 Å². The zero-order valence-electron chi connectivity index (χ0n) is 43.7. The Balaban J connectivity index is 2.30. The third-order valence-electron chi connectivity index (χ3n) is 13.4. The zero-order valence-corrected chi connectivity index (χ0v) is 44.5. The van der Waals surface area contributed by atoms with Crippen molar-refractivity contribution in [2.24, 2.45) is 0 Å². The highest BCUT2D eigenvalue weighted by Crippen LogP contribution is 2.26. The summed E-state index contributed by atoms with van der Waals surface area (Å²) in [6.45, 7) is 4.05. The molecule has 12 nitrogen and oxygen atoms in total. The number of carbonyl (C=O) groups excluding carboxylic acids is 1.